The molecule has 1 aromatic carbocycles. The molecule has 1 unspecified atom stereocenters. The standard InChI is InChI=1S/C13H19BrN2O2S.ClH/c1-11-10-16(7-6-15-11)8-9-19(17,18)13-4-2-12(14)3-5-13;/h2-5,11,15H,6-10H2,1H3;1H. The Kier molecular flexibility index (Phi) is 6.94. The molecule has 0 spiro atoms. The molecule has 0 aliphatic carbocycles. The van der Waals surface area contributed by atoms with Gasteiger partial charge in [0.15, 0.2) is 9.84 Å². The minimum atomic E-state index is -3.18. The van der Waals surface area contributed by atoms with Crippen LogP contribution in [0.3, 0.4) is 0 Å². The fourth-order valence-electron chi connectivity index (χ4n) is 2.22. The largest absolute Gasteiger partial charge is 0.312 e. The number of sulfone groups is 1. The third-order valence-corrected chi connectivity index (χ3v) is 5.54. The third kappa shape index (κ3) is 5.00. The lowest BCUT2D eigenvalue weighted by molar-refractivity contribution is 0.217. The van der Waals surface area contributed by atoms with E-state index in [0.717, 1.165) is 24.1 Å². The average Bonchev–Trinajstić information content (AvgIpc) is 2.37. The van der Waals surface area contributed by atoms with Crippen LogP contribution in [0.5, 0.6) is 0 Å². The quantitative estimate of drug-likeness (QED) is 0.863. The van der Waals surface area contributed by atoms with Crippen LogP contribution in [0.15, 0.2) is 33.6 Å². The van der Waals surface area contributed by atoms with Gasteiger partial charge in [-0.3, -0.25) is 4.90 Å². The number of hydrogen-bond acceptors (Lipinski definition) is 4. The van der Waals surface area contributed by atoms with E-state index in [1.54, 1.807) is 24.3 Å². The summed E-state index contributed by atoms with van der Waals surface area (Å²) >= 11 is 3.31. The van der Waals surface area contributed by atoms with Gasteiger partial charge in [-0.15, -0.1) is 12.4 Å². The molecule has 0 bridgehead atoms. The maximum Gasteiger partial charge on any atom is 0.179 e. The van der Waals surface area contributed by atoms with Crippen molar-refractivity contribution < 1.29 is 8.42 Å². The summed E-state index contributed by atoms with van der Waals surface area (Å²) in [4.78, 5) is 2.61. The minimum Gasteiger partial charge on any atom is -0.312 e. The Morgan fingerprint density at radius 1 is 1.35 bits per heavy atom. The van der Waals surface area contributed by atoms with E-state index in [4.69, 9.17) is 0 Å². The minimum absolute atomic E-state index is 0. The van der Waals surface area contributed by atoms with Gasteiger partial charge in [-0.05, 0) is 31.2 Å². The first-order valence-corrected chi connectivity index (χ1v) is 8.86. The van der Waals surface area contributed by atoms with Crippen molar-refractivity contribution in [3.05, 3.63) is 28.7 Å². The maximum absolute atomic E-state index is 12.2. The van der Waals surface area contributed by atoms with Crippen LogP contribution in [0.2, 0.25) is 0 Å². The zero-order valence-corrected chi connectivity index (χ0v) is 14.6. The van der Waals surface area contributed by atoms with Gasteiger partial charge in [0.2, 0.25) is 0 Å². The van der Waals surface area contributed by atoms with Crippen LogP contribution >= 0.6 is 28.3 Å². The molecular weight excluding hydrogens is 364 g/mol. The van der Waals surface area contributed by atoms with E-state index in [0.29, 0.717) is 17.5 Å². The molecule has 20 heavy (non-hydrogen) atoms. The molecule has 1 aliphatic heterocycles. The van der Waals surface area contributed by atoms with Crippen molar-refractivity contribution in [2.24, 2.45) is 0 Å². The molecule has 0 aromatic heterocycles. The Balaban J connectivity index is 0.00000200. The average molecular weight is 384 g/mol. The monoisotopic (exact) mass is 382 g/mol. The fraction of sp³-hybridized carbons (Fsp3) is 0.538. The van der Waals surface area contributed by atoms with Gasteiger partial charge in [0, 0.05) is 36.7 Å². The molecule has 114 valence electrons. The van der Waals surface area contributed by atoms with Crippen molar-refractivity contribution in [2.75, 3.05) is 31.9 Å². The first-order chi connectivity index (χ1) is 8.97. The Hall–Kier alpha value is -0.140. The molecule has 1 aliphatic rings. The van der Waals surface area contributed by atoms with E-state index in [9.17, 15) is 8.42 Å². The van der Waals surface area contributed by atoms with Crippen molar-refractivity contribution in [1.29, 1.82) is 0 Å². The second kappa shape index (κ2) is 7.75. The van der Waals surface area contributed by atoms with E-state index in [2.05, 4.69) is 33.1 Å². The van der Waals surface area contributed by atoms with Crippen molar-refractivity contribution in [3.63, 3.8) is 0 Å². The van der Waals surface area contributed by atoms with Crippen molar-refractivity contribution in [2.45, 2.75) is 17.9 Å². The summed E-state index contributed by atoms with van der Waals surface area (Å²) < 4.78 is 25.3. The SMILES string of the molecule is CC1CN(CCS(=O)(=O)c2ccc(Br)cc2)CCN1.Cl. The first kappa shape index (κ1) is 17.9. The van der Waals surface area contributed by atoms with Gasteiger partial charge in [-0.1, -0.05) is 15.9 Å². The van der Waals surface area contributed by atoms with Gasteiger partial charge in [0.25, 0.3) is 0 Å². The van der Waals surface area contributed by atoms with Crippen molar-refractivity contribution in [1.82, 2.24) is 10.2 Å². The molecule has 0 amide bonds. The molecule has 7 heteroatoms. The number of halogens is 2. The lowest BCUT2D eigenvalue weighted by atomic mass is 10.2. The summed E-state index contributed by atoms with van der Waals surface area (Å²) in [6.45, 7) is 5.48. The van der Waals surface area contributed by atoms with Crippen LogP contribution in [0.4, 0.5) is 0 Å². The Labute approximate surface area is 135 Å². The van der Waals surface area contributed by atoms with Crippen LogP contribution in [-0.4, -0.2) is 51.3 Å². The number of rotatable bonds is 4. The lowest BCUT2D eigenvalue weighted by Gasteiger charge is -2.31. The molecule has 2 rings (SSSR count). The van der Waals surface area contributed by atoms with E-state index < -0.39 is 9.84 Å². The van der Waals surface area contributed by atoms with Crippen molar-refractivity contribution in [3.8, 4) is 0 Å². The summed E-state index contributed by atoms with van der Waals surface area (Å²) in [5, 5.41) is 3.35. The van der Waals surface area contributed by atoms with Crippen LogP contribution in [0.25, 0.3) is 0 Å². The number of nitrogens with zero attached hydrogens (tertiary/aromatic N) is 1. The smallest absolute Gasteiger partial charge is 0.179 e. The van der Waals surface area contributed by atoms with E-state index in [-0.39, 0.29) is 18.2 Å². The number of benzene rings is 1. The highest BCUT2D eigenvalue weighted by molar-refractivity contribution is 9.10. The summed E-state index contributed by atoms with van der Waals surface area (Å²) in [6, 6.07) is 7.27. The molecule has 1 aromatic rings. The molecule has 1 heterocycles. The molecular formula is C13H20BrClN2O2S. The summed E-state index contributed by atoms with van der Waals surface area (Å²) in [5.74, 6) is 0.182. The number of hydrogen-bond donors (Lipinski definition) is 1. The second-order valence-corrected chi connectivity index (χ2v) is 7.95. The van der Waals surface area contributed by atoms with Gasteiger partial charge in [0.05, 0.1) is 10.6 Å². The number of nitrogens with one attached hydrogen (secondary N) is 1. The predicted molar refractivity (Wildman–Crippen MR) is 87.3 cm³/mol. The van der Waals surface area contributed by atoms with E-state index >= 15 is 0 Å². The maximum atomic E-state index is 12.2. The zero-order chi connectivity index (χ0) is 13.9. The molecule has 4 nitrogen and oxygen atoms in total. The summed E-state index contributed by atoms with van der Waals surface area (Å²) in [7, 11) is -3.18. The highest BCUT2D eigenvalue weighted by Crippen LogP contribution is 2.16. The fourth-order valence-corrected chi connectivity index (χ4v) is 3.77. The molecule has 1 fully saturated rings. The highest BCUT2D eigenvalue weighted by Gasteiger charge is 2.19. The van der Waals surface area contributed by atoms with Gasteiger partial charge in [0.1, 0.15) is 0 Å². The normalized spacial score (nSPS) is 20.4. The summed E-state index contributed by atoms with van der Waals surface area (Å²) in [6.07, 6.45) is 0. The van der Waals surface area contributed by atoms with Gasteiger partial charge >= 0.3 is 0 Å². The van der Waals surface area contributed by atoms with E-state index in [1.165, 1.54) is 0 Å². The third-order valence-electron chi connectivity index (χ3n) is 3.30. The highest BCUT2D eigenvalue weighted by atomic mass is 79.9. The van der Waals surface area contributed by atoms with Crippen molar-refractivity contribution >= 4 is 38.2 Å². The van der Waals surface area contributed by atoms with Gasteiger partial charge in [-0.2, -0.15) is 0 Å². The Morgan fingerprint density at radius 3 is 2.60 bits per heavy atom. The topological polar surface area (TPSA) is 49.4 Å². The predicted octanol–water partition coefficient (Wildman–Crippen LogP) is 1.94. The summed E-state index contributed by atoms with van der Waals surface area (Å²) in [5.41, 5.74) is 0. The Bertz CT molecular complexity index is 522. The van der Waals surface area contributed by atoms with Gasteiger partial charge < -0.3 is 5.32 Å². The Morgan fingerprint density at radius 2 is 2.00 bits per heavy atom. The molecule has 1 N–H and O–H groups in total. The van der Waals surface area contributed by atoms with Crippen LogP contribution in [-0.2, 0) is 9.84 Å². The second-order valence-electron chi connectivity index (χ2n) is 4.93. The molecule has 0 saturated carbocycles. The van der Waals surface area contributed by atoms with Crippen LogP contribution < -0.4 is 5.32 Å². The molecule has 0 radical (unpaired) electrons. The zero-order valence-electron chi connectivity index (χ0n) is 11.4. The number of piperazine rings is 1. The van der Waals surface area contributed by atoms with Gasteiger partial charge in [-0.25, -0.2) is 8.42 Å². The van der Waals surface area contributed by atoms with Crippen LogP contribution in [0, 0.1) is 0 Å². The molecule has 1 atom stereocenters. The van der Waals surface area contributed by atoms with E-state index in [1.807, 2.05) is 0 Å². The lowest BCUT2D eigenvalue weighted by Crippen LogP contribution is -2.50. The molecule has 1 saturated heterocycles. The first-order valence-electron chi connectivity index (χ1n) is 6.41. The van der Waals surface area contributed by atoms with Crippen LogP contribution in [0.1, 0.15) is 6.92 Å².